The van der Waals surface area contributed by atoms with Gasteiger partial charge in [0, 0.05) is 36.0 Å². The van der Waals surface area contributed by atoms with Crippen molar-refractivity contribution in [1.82, 2.24) is 4.98 Å². The van der Waals surface area contributed by atoms with Crippen LogP contribution in [0.5, 0.6) is 0 Å². The minimum absolute atomic E-state index is 0.730. The molecule has 2 rings (SSSR count). The van der Waals surface area contributed by atoms with Crippen molar-refractivity contribution in [3.63, 3.8) is 0 Å². The van der Waals surface area contributed by atoms with Crippen LogP contribution in [0, 0.1) is 0 Å². The molecule has 0 aromatic carbocycles. The van der Waals surface area contributed by atoms with E-state index in [0.717, 1.165) is 17.9 Å². The van der Waals surface area contributed by atoms with E-state index in [9.17, 15) is 0 Å². The van der Waals surface area contributed by atoms with E-state index >= 15 is 0 Å². The van der Waals surface area contributed by atoms with Gasteiger partial charge in [0.2, 0.25) is 0 Å². The zero-order chi connectivity index (χ0) is 11.2. The number of anilines is 1. The number of alkyl halides is 1. The summed E-state index contributed by atoms with van der Waals surface area (Å²) in [5.74, 6) is 0. The number of halogens is 1. The third kappa shape index (κ3) is 2.97. The molecule has 0 saturated heterocycles. The van der Waals surface area contributed by atoms with Crippen molar-refractivity contribution in [1.29, 1.82) is 0 Å². The molecule has 1 aliphatic carbocycles. The van der Waals surface area contributed by atoms with E-state index in [1.807, 2.05) is 12.4 Å². The van der Waals surface area contributed by atoms with Gasteiger partial charge in [0.1, 0.15) is 0 Å². The van der Waals surface area contributed by atoms with Crippen molar-refractivity contribution < 1.29 is 0 Å². The second-order valence-corrected chi connectivity index (χ2v) is 5.17. The van der Waals surface area contributed by atoms with Crippen LogP contribution in [0.25, 0.3) is 0 Å². The first kappa shape index (κ1) is 11.9. The molecule has 1 aromatic rings. The van der Waals surface area contributed by atoms with Crippen LogP contribution in [0.2, 0.25) is 0 Å². The van der Waals surface area contributed by atoms with Crippen LogP contribution in [0.3, 0.4) is 0 Å². The molecule has 0 amide bonds. The summed E-state index contributed by atoms with van der Waals surface area (Å²) in [7, 11) is 0. The quantitative estimate of drug-likeness (QED) is 0.785. The number of aromatic nitrogens is 1. The number of hydrogen-bond donors (Lipinski definition) is 0. The molecule has 1 fully saturated rings. The molecule has 0 N–H and O–H groups in total. The van der Waals surface area contributed by atoms with E-state index in [4.69, 9.17) is 0 Å². The van der Waals surface area contributed by atoms with E-state index in [1.54, 1.807) is 0 Å². The van der Waals surface area contributed by atoms with Crippen molar-refractivity contribution in [3.8, 4) is 0 Å². The standard InChI is InChI=1S/C13H19BrN2/c14-8-11-16(12-4-2-1-3-5-12)13-6-9-15-10-7-13/h6-7,9-10,12H,1-5,8,11H2. The van der Waals surface area contributed by atoms with E-state index in [2.05, 4.69) is 37.9 Å². The Hall–Kier alpha value is -0.570. The highest BCUT2D eigenvalue weighted by molar-refractivity contribution is 9.09. The number of hydrogen-bond acceptors (Lipinski definition) is 2. The van der Waals surface area contributed by atoms with Crippen molar-refractivity contribution in [2.75, 3.05) is 16.8 Å². The lowest BCUT2D eigenvalue weighted by molar-refractivity contribution is 0.419. The Morgan fingerprint density at radius 3 is 2.50 bits per heavy atom. The molecule has 16 heavy (non-hydrogen) atoms. The van der Waals surface area contributed by atoms with Gasteiger partial charge in [0.25, 0.3) is 0 Å². The van der Waals surface area contributed by atoms with Gasteiger partial charge in [-0.15, -0.1) is 0 Å². The van der Waals surface area contributed by atoms with Crippen LogP contribution in [-0.4, -0.2) is 22.9 Å². The molecule has 1 aliphatic rings. The molecular formula is C13H19BrN2. The van der Waals surface area contributed by atoms with Crippen LogP contribution in [0.1, 0.15) is 32.1 Å². The Labute approximate surface area is 106 Å². The average Bonchev–Trinajstić information content (AvgIpc) is 2.38. The van der Waals surface area contributed by atoms with Gasteiger partial charge < -0.3 is 4.90 Å². The predicted octanol–water partition coefficient (Wildman–Crippen LogP) is 3.62. The van der Waals surface area contributed by atoms with E-state index in [-0.39, 0.29) is 0 Å². The van der Waals surface area contributed by atoms with Gasteiger partial charge in [-0.2, -0.15) is 0 Å². The molecule has 1 heterocycles. The first-order chi connectivity index (χ1) is 7.92. The molecule has 0 aliphatic heterocycles. The summed E-state index contributed by atoms with van der Waals surface area (Å²) < 4.78 is 0. The Kier molecular flexibility index (Phi) is 4.64. The SMILES string of the molecule is BrCCN(c1ccncc1)C1CCCCC1. The second kappa shape index (κ2) is 6.24. The Morgan fingerprint density at radius 2 is 1.88 bits per heavy atom. The molecule has 1 aromatic heterocycles. The lowest BCUT2D eigenvalue weighted by atomic mass is 9.94. The van der Waals surface area contributed by atoms with Crippen LogP contribution in [0.15, 0.2) is 24.5 Å². The van der Waals surface area contributed by atoms with Crippen molar-refractivity contribution >= 4 is 21.6 Å². The third-order valence-corrected chi connectivity index (χ3v) is 3.69. The third-order valence-electron chi connectivity index (χ3n) is 3.34. The number of nitrogens with zero attached hydrogens (tertiary/aromatic N) is 2. The van der Waals surface area contributed by atoms with Crippen molar-refractivity contribution in [2.24, 2.45) is 0 Å². The smallest absolute Gasteiger partial charge is 0.0399 e. The van der Waals surface area contributed by atoms with Gasteiger partial charge in [0.05, 0.1) is 0 Å². The molecule has 0 spiro atoms. The van der Waals surface area contributed by atoms with Crippen LogP contribution in [0.4, 0.5) is 5.69 Å². The molecule has 0 unspecified atom stereocenters. The molecule has 2 nitrogen and oxygen atoms in total. The maximum atomic E-state index is 4.09. The summed E-state index contributed by atoms with van der Waals surface area (Å²) in [6.07, 6.45) is 10.6. The van der Waals surface area contributed by atoms with Gasteiger partial charge in [-0.1, -0.05) is 35.2 Å². The second-order valence-electron chi connectivity index (χ2n) is 4.38. The summed E-state index contributed by atoms with van der Waals surface area (Å²) in [5.41, 5.74) is 1.32. The summed E-state index contributed by atoms with van der Waals surface area (Å²) >= 11 is 3.56. The lowest BCUT2D eigenvalue weighted by Crippen LogP contribution is -2.38. The molecule has 1 saturated carbocycles. The topological polar surface area (TPSA) is 16.1 Å². The van der Waals surface area contributed by atoms with Gasteiger partial charge in [-0.05, 0) is 25.0 Å². The first-order valence-electron chi connectivity index (χ1n) is 6.14. The molecule has 0 bridgehead atoms. The van der Waals surface area contributed by atoms with E-state index < -0.39 is 0 Å². The minimum Gasteiger partial charge on any atom is -0.368 e. The van der Waals surface area contributed by atoms with E-state index in [1.165, 1.54) is 37.8 Å². The highest BCUT2D eigenvalue weighted by Gasteiger charge is 2.20. The molecule has 3 heteroatoms. The summed E-state index contributed by atoms with van der Waals surface area (Å²) in [5, 5.41) is 1.03. The monoisotopic (exact) mass is 282 g/mol. The van der Waals surface area contributed by atoms with Crippen LogP contribution < -0.4 is 4.90 Å². The Morgan fingerprint density at radius 1 is 1.19 bits per heavy atom. The van der Waals surface area contributed by atoms with Crippen molar-refractivity contribution in [2.45, 2.75) is 38.1 Å². The maximum absolute atomic E-state index is 4.09. The molecule has 0 atom stereocenters. The highest BCUT2D eigenvalue weighted by Crippen LogP contribution is 2.26. The average molecular weight is 283 g/mol. The minimum atomic E-state index is 0.730. The summed E-state index contributed by atoms with van der Waals surface area (Å²) in [4.78, 5) is 6.63. The maximum Gasteiger partial charge on any atom is 0.0399 e. The Balaban J connectivity index is 2.09. The fourth-order valence-electron chi connectivity index (χ4n) is 2.54. The Bertz CT molecular complexity index is 296. The summed E-state index contributed by atoms with van der Waals surface area (Å²) in [6.45, 7) is 1.09. The zero-order valence-corrected chi connectivity index (χ0v) is 11.2. The molecular weight excluding hydrogens is 264 g/mol. The van der Waals surface area contributed by atoms with Crippen molar-refractivity contribution in [3.05, 3.63) is 24.5 Å². The van der Waals surface area contributed by atoms with Gasteiger partial charge in [0.15, 0.2) is 0 Å². The van der Waals surface area contributed by atoms with Crippen LogP contribution in [-0.2, 0) is 0 Å². The fraction of sp³-hybridized carbons (Fsp3) is 0.615. The molecule has 88 valence electrons. The largest absolute Gasteiger partial charge is 0.368 e. The summed E-state index contributed by atoms with van der Waals surface area (Å²) in [6, 6.07) is 4.97. The van der Waals surface area contributed by atoms with Gasteiger partial charge in [-0.25, -0.2) is 0 Å². The number of rotatable bonds is 4. The predicted molar refractivity (Wildman–Crippen MR) is 72.3 cm³/mol. The fourth-order valence-corrected chi connectivity index (χ4v) is 2.92. The van der Waals surface area contributed by atoms with E-state index in [0.29, 0.717) is 0 Å². The van der Waals surface area contributed by atoms with Crippen LogP contribution >= 0.6 is 15.9 Å². The van der Waals surface area contributed by atoms with Gasteiger partial charge in [-0.3, -0.25) is 4.98 Å². The highest BCUT2D eigenvalue weighted by atomic mass is 79.9. The number of pyridine rings is 1. The molecule has 0 radical (unpaired) electrons. The van der Waals surface area contributed by atoms with Gasteiger partial charge >= 0.3 is 0 Å². The zero-order valence-electron chi connectivity index (χ0n) is 9.61. The first-order valence-corrected chi connectivity index (χ1v) is 7.26. The lowest BCUT2D eigenvalue weighted by Gasteiger charge is -2.35. The normalized spacial score (nSPS) is 17.3.